The van der Waals surface area contributed by atoms with Crippen LogP contribution in [0.1, 0.15) is 25.6 Å². The molecule has 0 spiro atoms. The lowest BCUT2D eigenvalue weighted by molar-refractivity contribution is 0.0696. The maximum Gasteiger partial charge on any atom is 0.335 e. The van der Waals surface area contributed by atoms with Crippen LogP contribution in [0, 0.1) is 0 Å². The summed E-state index contributed by atoms with van der Waals surface area (Å²) in [5.74, 6) is -1.08. The number of amides is 1. The van der Waals surface area contributed by atoms with Gasteiger partial charge in [0.25, 0.3) is 5.91 Å². The van der Waals surface area contributed by atoms with Crippen molar-refractivity contribution in [3.8, 4) is 11.1 Å². The van der Waals surface area contributed by atoms with Gasteiger partial charge in [-0.15, -0.1) is 11.3 Å². The molecule has 28 heavy (non-hydrogen) atoms. The van der Waals surface area contributed by atoms with Crippen LogP contribution in [0.5, 0.6) is 0 Å². The average Bonchev–Trinajstić information content (AvgIpc) is 3.17. The predicted octanol–water partition coefficient (Wildman–Crippen LogP) is 5.20. The topological polar surface area (TPSA) is 66.4 Å². The Balaban J connectivity index is 1.56. The van der Waals surface area contributed by atoms with E-state index in [1.54, 1.807) is 18.2 Å². The fourth-order valence-electron chi connectivity index (χ4n) is 3.13. The molecule has 2 N–H and O–H groups in total. The number of hydrogen-bond donors (Lipinski definition) is 2. The van der Waals surface area contributed by atoms with Crippen LogP contribution < -0.4 is 5.32 Å². The molecule has 1 aromatic heterocycles. The third kappa shape index (κ3) is 3.66. The molecule has 0 saturated carbocycles. The van der Waals surface area contributed by atoms with E-state index in [-0.39, 0.29) is 11.5 Å². The number of carboxylic acids is 1. The molecule has 0 fully saturated rings. The second-order valence-corrected chi connectivity index (χ2v) is 7.46. The highest BCUT2D eigenvalue weighted by atomic mass is 32.1. The number of nitrogens with one attached hydrogen (secondary N) is 1. The number of thiophene rings is 1. The zero-order valence-corrected chi connectivity index (χ0v) is 15.7. The van der Waals surface area contributed by atoms with Crippen molar-refractivity contribution in [3.63, 3.8) is 0 Å². The highest BCUT2D eigenvalue weighted by Crippen LogP contribution is 2.27. The molecule has 0 saturated heterocycles. The Morgan fingerprint density at radius 1 is 0.893 bits per heavy atom. The number of carboxylic acid groups (broad SMARTS) is 1. The van der Waals surface area contributed by atoms with E-state index in [2.05, 4.69) is 5.32 Å². The lowest BCUT2D eigenvalue weighted by Crippen LogP contribution is -2.22. The molecule has 138 valence electrons. The molecule has 4 rings (SSSR count). The van der Waals surface area contributed by atoms with Gasteiger partial charge in [0.2, 0.25) is 0 Å². The minimum Gasteiger partial charge on any atom is -0.478 e. The van der Waals surface area contributed by atoms with E-state index in [4.69, 9.17) is 0 Å². The van der Waals surface area contributed by atoms with Gasteiger partial charge in [0, 0.05) is 11.2 Å². The van der Waals surface area contributed by atoms with Crippen molar-refractivity contribution >= 4 is 33.3 Å². The fourth-order valence-corrected chi connectivity index (χ4v) is 4.11. The van der Waals surface area contributed by atoms with Gasteiger partial charge in [0.15, 0.2) is 0 Å². The maximum absolute atomic E-state index is 12.6. The lowest BCUT2D eigenvalue weighted by Gasteiger charge is -2.11. The SMILES string of the molecule is O=C(O)c1cccc(-c2ccccc2CNC(=O)c2cc3ccccc3s2)c1. The van der Waals surface area contributed by atoms with Crippen LogP contribution >= 0.6 is 11.3 Å². The van der Waals surface area contributed by atoms with Gasteiger partial charge in [-0.3, -0.25) is 4.79 Å². The van der Waals surface area contributed by atoms with Crippen LogP contribution in [0.2, 0.25) is 0 Å². The standard InChI is InChI=1S/C23H17NO3S/c25-22(21-13-16-6-2-4-11-20(16)28-21)24-14-18-7-1-3-10-19(18)15-8-5-9-17(12-15)23(26)27/h1-13H,14H2,(H,24,25)(H,26,27). The van der Waals surface area contributed by atoms with Gasteiger partial charge in [-0.25, -0.2) is 4.79 Å². The summed E-state index contributed by atoms with van der Waals surface area (Å²) >= 11 is 1.47. The number of carbonyl (C=O) groups excluding carboxylic acids is 1. The third-order valence-corrected chi connectivity index (χ3v) is 5.64. The number of benzene rings is 3. The van der Waals surface area contributed by atoms with Crippen LogP contribution in [0.3, 0.4) is 0 Å². The Morgan fingerprint density at radius 3 is 2.50 bits per heavy atom. The monoisotopic (exact) mass is 387 g/mol. The fraction of sp³-hybridized carbons (Fsp3) is 0.0435. The Morgan fingerprint density at radius 2 is 1.68 bits per heavy atom. The molecule has 0 radical (unpaired) electrons. The molecule has 0 aliphatic rings. The van der Waals surface area contributed by atoms with E-state index in [1.807, 2.05) is 60.7 Å². The Bertz CT molecular complexity index is 1150. The average molecular weight is 387 g/mol. The van der Waals surface area contributed by atoms with E-state index >= 15 is 0 Å². The van der Waals surface area contributed by atoms with Crippen LogP contribution in [0.4, 0.5) is 0 Å². The lowest BCUT2D eigenvalue weighted by atomic mass is 9.98. The minimum absolute atomic E-state index is 0.115. The molecular weight excluding hydrogens is 370 g/mol. The number of hydrogen-bond acceptors (Lipinski definition) is 3. The van der Waals surface area contributed by atoms with Crippen molar-refractivity contribution in [2.24, 2.45) is 0 Å². The zero-order valence-electron chi connectivity index (χ0n) is 14.9. The quantitative estimate of drug-likeness (QED) is 0.495. The Hall–Kier alpha value is -3.44. The minimum atomic E-state index is -0.961. The highest BCUT2D eigenvalue weighted by molar-refractivity contribution is 7.20. The maximum atomic E-state index is 12.6. The summed E-state index contributed by atoms with van der Waals surface area (Å²) in [7, 11) is 0. The number of carbonyl (C=O) groups is 2. The van der Waals surface area contributed by atoms with Gasteiger partial charge >= 0.3 is 5.97 Å². The first kappa shape index (κ1) is 17.9. The van der Waals surface area contributed by atoms with E-state index < -0.39 is 5.97 Å². The van der Waals surface area contributed by atoms with Crippen LogP contribution in [0.15, 0.2) is 78.9 Å². The first-order chi connectivity index (χ1) is 13.6. The molecular formula is C23H17NO3S. The largest absolute Gasteiger partial charge is 0.478 e. The highest BCUT2D eigenvalue weighted by Gasteiger charge is 2.12. The van der Waals surface area contributed by atoms with Crippen LogP contribution in [-0.2, 0) is 6.54 Å². The van der Waals surface area contributed by atoms with E-state index in [0.717, 1.165) is 26.8 Å². The third-order valence-electron chi connectivity index (χ3n) is 4.53. The van der Waals surface area contributed by atoms with Crippen molar-refractivity contribution in [3.05, 3.63) is 94.9 Å². The molecule has 0 bridgehead atoms. The smallest absolute Gasteiger partial charge is 0.335 e. The summed E-state index contributed by atoms with van der Waals surface area (Å²) in [6.07, 6.45) is 0. The van der Waals surface area contributed by atoms with Gasteiger partial charge in [-0.2, -0.15) is 0 Å². The summed E-state index contributed by atoms with van der Waals surface area (Å²) in [5, 5.41) is 13.3. The molecule has 0 atom stereocenters. The molecule has 0 unspecified atom stereocenters. The summed E-state index contributed by atoms with van der Waals surface area (Å²) in [6.45, 7) is 0.362. The van der Waals surface area contributed by atoms with Crippen molar-refractivity contribution in [1.82, 2.24) is 5.32 Å². The van der Waals surface area contributed by atoms with Gasteiger partial charge < -0.3 is 10.4 Å². The second kappa shape index (κ2) is 7.66. The van der Waals surface area contributed by atoms with E-state index in [0.29, 0.717) is 11.4 Å². The van der Waals surface area contributed by atoms with Crippen molar-refractivity contribution in [2.75, 3.05) is 0 Å². The molecule has 0 aliphatic heterocycles. The first-order valence-corrected chi connectivity index (χ1v) is 9.62. The predicted molar refractivity (Wildman–Crippen MR) is 112 cm³/mol. The van der Waals surface area contributed by atoms with E-state index in [9.17, 15) is 14.7 Å². The molecule has 1 amide bonds. The van der Waals surface area contributed by atoms with Crippen LogP contribution in [0.25, 0.3) is 21.2 Å². The van der Waals surface area contributed by atoms with Gasteiger partial charge in [0.1, 0.15) is 0 Å². The molecule has 3 aromatic carbocycles. The molecule has 5 heteroatoms. The number of fused-ring (bicyclic) bond motifs is 1. The molecule has 0 aliphatic carbocycles. The summed E-state index contributed by atoms with van der Waals surface area (Å²) in [4.78, 5) is 24.5. The van der Waals surface area contributed by atoms with Gasteiger partial charge in [0.05, 0.1) is 10.4 Å². The summed E-state index contributed by atoms with van der Waals surface area (Å²) in [5.41, 5.74) is 2.88. The normalized spacial score (nSPS) is 10.7. The van der Waals surface area contributed by atoms with Crippen molar-refractivity contribution in [1.29, 1.82) is 0 Å². The molecule has 1 heterocycles. The van der Waals surface area contributed by atoms with Gasteiger partial charge in [-0.05, 0) is 46.3 Å². The number of aromatic carboxylic acids is 1. The Kier molecular flexibility index (Phi) is 4.91. The first-order valence-electron chi connectivity index (χ1n) is 8.80. The summed E-state index contributed by atoms with van der Waals surface area (Å²) in [6, 6.07) is 24.3. The number of rotatable bonds is 5. The van der Waals surface area contributed by atoms with Crippen molar-refractivity contribution in [2.45, 2.75) is 6.54 Å². The zero-order chi connectivity index (χ0) is 19.5. The van der Waals surface area contributed by atoms with Crippen LogP contribution in [-0.4, -0.2) is 17.0 Å². The molecule has 4 aromatic rings. The molecule has 4 nitrogen and oxygen atoms in total. The Labute approximate surface area is 166 Å². The van der Waals surface area contributed by atoms with Crippen molar-refractivity contribution < 1.29 is 14.7 Å². The van der Waals surface area contributed by atoms with E-state index in [1.165, 1.54) is 11.3 Å². The summed E-state index contributed by atoms with van der Waals surface area (Å²) < 4.78 is 1.08. The van der Waals surface area contributed by atoms with Gasteiger partial charge in [-0.1, -0.05) is 54.6 Å². The second-order valence-electron chi connectivity index (χ2n) is 6.37.